The van der Waals surface area contributed by atoms with E-state index in [-0.39, 0.29) is 27.1 Å². The molecule has 0 aliphatic rings. The van der Waals surface area contributed by atoms with Crippen molar-refractivity contribution in [2.45, 2.75) is 13.8 Å². The van der Waals surface area contributed by atoms with Crippen molar-refractivity contribution in [2.75, 3.05) is 5.32 Å². The zero-order chi connectivity index (χ0) is 21.5. The van der Waals surface area contributed by atoms with Gasteiger partial charge in [-0.25, -0.2) is 9.59 Å². The number of para-hydroxylation sites is 1. The third-order valence-electron chi connectivity index (χ3n) is 3.34. The molecule has 0 radical (unpaired) electrons. The normalized spacial score (nSPS) is 12.1. The molecule has 11 heteroatoms. The molecule has 0 bridgehead atoms. The molecule has 150 valence electrons. The largest absolute Gasteiger partial charge is 0.478 e. The molecule has 2 rings (SSSR count). The molecule has 0 spiro atoms. The Morgan fingerprint density at radius 1 is 1.04 bits per heavy atom. The first-order valence-corrected chi connectivity index (χ1v) is 10.9. The summed E-state index contributed by atoms with van der Waals surface area (Å²) in [4.78, 5) is 31.9. The molecule has 0 heterocycles. The van der Waals surface area contributed by atoms with Gasteiger partial charge < -0.3 is 10.2 Å². The van der Waals surface area contributed by atoms with Crippen LogP contribution in [-0.4, -0.2) is 51.6 Å². The molecule has 0 aromatic heterocycles. The minimum Gasteiger partial charge on any atom is -0.478 e. The summed E-state index contributed by atoms with van der Waals surface area (Å²) in [5, 5.41) is 27.9. The van der Waals surface area contributed by atoms with E-state index >= 15 is 0 Å². The molecule has 0 saturated heterocycles. The molecule has 1 atom stereocenters. The SMILES string of the molecule is CC(=O)Nc1ccccc1[As](=O)(O)OO.Cc1ccc(C(=O)O)cc1C(=O)O. The van der Waals surface area contributed by atoms with Gasteiger partial charge in [0.1, 0.15) is 0 Å². The van der Waals surface area contributed by atoms with Crippen molar-refractivity contribution >= 4 is 42.1 Å². The van der Waals surface area contributed by atoms with Gasteiger partial charge in [0.05, 0.1) is 11.1 Å². The number of aromatic carboxylic acids is 2. The number of aryl methyl sites for hydroxylation is 1. The Labute approximate surface area is 162 Å². The van der Waals surface area contributed by atoms with Crippen molar-refractivity contribution in [1.82, 2.24) is 0 Å². The maximum Gasteiger partial charge on any atom is 0.335 e. The second kappa shape index (κ2) is 9.86. The summed E-state index contributed by atoms with van der Waals surface area (Å²) in [7, 11) is 0. The first-order valence-electron chi connectivity index (χ1n) is 7.60. The minimum absolute atomic E-state index is 0.0111. The Kier molecular flexibility index (Phi) is 8.14. The number of amides is 1. The van der Waals surface area contributed by atoms with Crippen LogP contribution >= 0.6 is 0 Å². The van der Waals surface area contributed by atoms with Gasteiger partial charge in [0, 0.05) is 0 Å². The fourth-order valence-electron chi connectivity index (χ4n) is 2.04. The van der Waals surface area contributed by atoms with Crippen LogP contribution in [0.3, 0.4) is 0 Å². The van der Waals surface area contributed by atoms with Crippen molar-refractivity contribution in [3.63, 3.8) is 0 Å². The summed E-state index contributed by atoms with van der Waals surface area (Å²) < 4.78 is 24.1. The zero-order valence-corrected chi connectivity index (χ0v) is 16.7. The number of anilines is 1. The van der Waals surface area contributed by atoms with E-state index in [4.69, 9.17) is 15.5 Å². The fourth-order valence-corrected chi connectivity index (χ4v) is 3.72. The number of hydrogen-bond acceptors (Lipinski definition) is 6. The first kappa shape index (κ1) is 23.1. The molecule has 0 fully saturated rings. The Hall–Kier alpha value is -2.91. The van der Waals surface area contributed by atoms with Gasteiger partial charge in [-0.3, -0.25) is 0 Å². The van der Waals surface area contributed by atoms with E-state index in [0.717, 1.165) is 6.07 Å². The second-order valence-corrected chi connectivity index (χ2v) is 8.98. The van der Waals surface area contributed by atoms with Crippen LogP contribution in [0.15, 0.2) is 42.5 Å². The van der Waals surface area contributed by atoms with Crippen LogP contribution in [-0.2, 0) is 12.4 Å². The van der Waals surface area contributed by atoms with Gasteiger partial charge in [0.15, 0.2) is 0 Å². The molecule has 10 nitrogen and oxygen atoms in total. The molecule has 2 aromatic carbocycles. The van der Waals surface area contributed by atoms with Crippen molar-refractivity contribution in [2.24, 2.45) is 0 Å². The molecule has 28 heavy (non-hydrogen) atoms. The van der Waals surface area contributed by atoms with Crippen molar-refractivity contribution in [1.29, 1.82) is 0 Å². The van der Waals surface area contributed by atoms with Gasteiger partial charge >= 0.3 is 100 Å². The number of carboxylic acid groups (broad SMARTS) is 2. The van der Waals surface area contributed by atoms with Crippen molar-refractivity contribution in [3.05, 3.63) is 59.2 Å². The summed E-state index contributed by atoms with van der Waals surface area (Å²) in [5.74, 6) is -2.61. The Morgan fingerprint density at radius 2 is 1.64 bits per heavy atom. The van der Waals surface area contributed by atoms with Crippen LogP contribution in [0, 0.1) is 6.92 Å². The Bertz CT molecular complexity index is 942. The summed E-state index contributed by atoms with van der Waals surface area (Å²) in [5.41, 5.74) is 0.726. The number of nitrogens with one attached hydrogen (secondary N) is 1. The average molecular weight is 455 g/mol. The van der Waals surface area contributed by atoms with Crippen LogP contribution in [0.1, 0.15) is 33.2 Å². The van der Waals surface area contributed by atoms with Gasteiger partial charge in [-0.2, -0.15) is 0 Å². The molecule has 1 unspecified atom stereocenters. The Balaban J connectivity index is 0.000000283. The summed E-state index contributed by atoms with van der Waals surface area (Å²) in [6.45, 7) is 2.89. The number of hydrogen-bond donors (Lipinski definition) is 5. The zero-order valence-electron chi connectivity index (χ0n) is 14.8. The van der Waals surface area contributed by atoms with Gasteiger partial charge in [-0.05, 0) is 24.6 Å². The minimum atomic E-state index is -4.92. The number of rotatable bonds is 5. The van der Waals surface area contributed by atoms with E-state index in [2.05, 4.69) is 9.19 Å². The van der Waals surface area contributed by atoms with Crippen molar-refractivity contribution < 1.29 is 41.6 Å². The second-order valence-electron chi connectivity index (χ2n) is 5.44. The van der Waals surface area contributed by atoms with Gasteiger partial charge in [0.2, 0.25) is 0 Å². The smallest absolute Gasteiger partial charge is 0.335 e. The summed E-state index contributed by atoms with van der Waals surface area (Å²) in [6, 6.07) is 9.85. The molecule has 0 saturated carbocycles. The van der Waals surface area contributed by atoms with Gasteiger partial charge in [-0.15, -0.1) is 0 Å². The van der Waals surface area contributed by atoms with Gasteiger partial charge in [0.25, 0.3) is 0 Å². The molecule has 2 aromatic rings. The van der Waals surface area contributed by atoms with Crippen LogP contribution in [0.4, 0.5) is 5.69 Å². The number of benzene rings is 2. The molecule has 0 aliphatic heterocycles. The van der Waals surface area contributed by atoms with Crippen LogP contribution in [0.25, 0.3) is 0 Å². The molecule has 5 N–H and O–H groups in total. The fraction of sp³-hybridized carbons (Fsp3) is 0.118. The molecule has 0 aliphatic carbocycles. The van der Waals surface area contributed by atoms with E-state index in [9.17, 15) is 22.2 Å². The topological polar surface area (TPSA) is 170 Å². The number of carboxylic acids is 2. The average Bonchev–Trinajstić information content (AvgIpc) is 2.62. The monoisotopic (exact) mass is 455 g/mol. The predicted molar refractivity (Wildman–Crippen MR) is 97.9 cm³/mol. The first-order chi connectivity index (χ1) is 13.0. The van der Waals surface area contributed by atoms with E-state index in [1.54, 1.807) is 13.0 Å². The molecular formula is C17H18AsNO9. The van der Waals surface area contributed by atoms with Gasteiger partial charge in [-0.1, -0.05) is 6.07 Å². The standard InChI is InChI=1S/C9H8O4.C8H10AsNO5/c1-5-2-3-6(8(10)11)4-7(5)9(12)13;1-6(11)10-8-5-3-2-4-7(8)9(12,13)15-14/h2-4H,1H3,(H,10,11)(H,12,13);2-5,14H,1H3,(H,10,11)(H,12,13). The number of carbonyl (C=O) groups excluding carboxylic acids is 1. The number of carbonyl (C=O) groups is 3. The summed E-state index contributed by atoms with van der Waals surface area (Å²) in [6.07, 6.45) is 0. The maximum atomic E-state index is 11.4. The third kappa shape index (κ3) is 6.36. The van der Waals surface area contributed by atoms with Crippen LogP contribution in [0.5, 0.6) is 0 Å². The predicted octanol–water partition coefficient (Wildman–Crippen LogP) is 1.09. The molecular weight excluding hydrogens is 437 g/mol. The third-order valence-corrected chi connectivity index (χ3v) is 5.90. The van der Waals surface area contributed by atoms with Crippen LogP contribution in [0.2, 0.25) is 0 Å². The molecule has 1 amide bonds. The van der Waals surface area contributed by atoms with E-state index in [1.807, 2.05) is 0 Å². The summed E-state index contributed by atoms with van der Waals surface area (Å²) >= 11 is -4.92. The Morgan fingerprint density at radius 3 is 2.14 bits per heavy atom. The van der Waals surface area contributed by atoms with E-state index < -0.39 is 26.1 Å². The quantitative estimate of drug-likeness (QED) is 0.252. The van der Waals surface area contributed by atoms with Crippen LogP contribution < -0.4 is 9.67 Å². The van der Waals surface area contributed by atoms with Crippen molar-refractivity contribution in [3.8, 4) is 0 Å². The van der Waals surface area contributed by atoms with E-state index in [0.29, 0.717) is 5.56 Å². The maximum absolute atomic E-state index is 11.4. The van der Waals surface area contributed by atoms with E-state index in [1.165, 1.54) is 37.3 Å².